The van der Waals surface area contributed by atoms with Crippen LogP contribution in [0, 0.1) is 6.92 Å². The maximum Gasteiger partial charge on any atom is 0.0446 e. The standard InChI is InChI=1S/C7H7ClS.ClH.4FH/c1-5-6(8)3-2-4-7(5)9;;;;;/h2-4,9H,1H3;5*1H. The smallest absolute Gasteiger partial charge is 0.0446 e. The first-order valence-corrected chi connectivity index (χ1v) is 3.48. The Morgan fingerprint density at radius 3 is 1.79 bits per heavy atom. The number of hydrogen-bond acceptors (Lipinski definition) is 1. The summed E-state index contributed by atoms with van der Waals surface area (Å²) in [5.74, 6) is 0. The van der Waals surface area contributed by atoms with Gasteiger partial charge in [0.05, 0.1) is 0 Å². The molecule has 7 heteroatoms. The van der Waals surface area contributed by atoms with Crippen molar-refractivity contribution in [2.45, 2.75) is 11.8 Å². The second-order valence-electron chi connectivity index (χ2n) is 1.88. The summed E-state index contributed by atoms with van der Waals surface area (Å²) in [5, 5.41) is 0.780. The first-order chi connectivity index (χ1) is 4.22. The molecule has 0 amide bonds. The highest BCUT2D eigenvalue weighted by molar-refractivity contribution is 7.80. The van der Waals surface area contributed by atoms with Crippen LogP contribution in [-0.4, -0.2) is 0 Å². The molecule has 0 saturated heterocycles. The fourth-order valence-corrected chi connectivity index (χ4v) is 1.04. The van der Waals surface area contributed by atoms with Crippen molar-refractivity contribution in [3.63, 3.8) is 0 Å². The lowest BCUT2D eigenvalue weighted by molar-refractivity contribution is 1.11. The van der Waals surface area contributed by atoms with Gasteiger partial charge in [-0.15, -0.1) is 25.0 Å². The van der Waals surface area contributed by atoms with Crippen LogP contribution >= 0.6 is 36.6 Å². The maximum absolute atomic E-state index is 5.77. The Morgan fingerprint density at radius 1 is 1.07 bits per heavy atom. The molecular formula is C7H12Cl2F4S. The fraction of sp³-hybridized carbons (Fsp3) is 0.143. The second-order valence-corrected chi connectivity index (χ2v) is 2.77. The Bertz CT molecular complexity index is 215. The van der Waals surface area contributed by atoms with Gasteiger partial charge in [0.1, 0.15) is 0 Å². The van der Waals surface area contributed by atoms with Crippen molar-refractivity contribution in [3.05, 3.63) is 28.8 Å². The third kappa shape index (κ3) is 7.29. The van der Waals surface area contributed by atoms with E-state index in [4.69, 9.17) is 11.6 Å². The molecule has 0 atom stereocenters. The van der Waals surface area contributed by atoms with Crippen LogP contribution in [-0.2, 0) is 0 Å². The summed E-state index contributed by atoms with van der Waals surface area (Å²) in [4.78, 5) is 0.947. The summed E-state index contributed by atoms with van der Waals surface area (Å²) in [5.41, 5.74) is 1.04. The van der Waals surface area contributed by atoms with E-state index < -0.39 is 0 Å². The average Bonchev–Trinajstić information content (AvgIpc) is 1.83. The molecule has 0 bridgehead atoms. The average molecular weight is 275 g/mol. The molecule has 1 rings (SSSR count). The second kappa shape index (κ2) is 12.9. The van der Waals surface area contributed by atoms with Gasteiger partial charge in [-0.1, -0.05) is 17.7 Å². The highest BCUT2D eigenvalue weighted by atomic mass is 35.5. The van der Waals surface area contributed by atoms with E-state index in [2.05, 4.69) is 12.6 Å². The van der Waals surface area contributed by atoms with Crippen LogP contribution in [0.4, 0.5) is 18.8 Å². The van der Waals surface area contributed by atoms with Crippen LogP contribution in [0.3, 0.4) is 0 Å². The molecule has 0 spiro atoms. The van der Waals surface area contributed by atoms with Crippen LogP contribution in [0.1, 0.15) is 5.56 Å². The summed E-state index contributed by atoms with van der Waals surface area (Å²) >= 11 is 9.95. The Balaban J connectivity index is -0.0000000540. The largest absolute Gasteiger partial charge is 0.269 e. The highest BCUT2D eigenvalue weighted by Gasteiger charge is 1.94. The molecule has 0 fully saturated rings. The molecule has 0 N–H and O–H groups in total. The molecule has 0 aliphatic carbocycles. The Hall–Kier alpha value is -0.130. The number of benzene rings is 1. The van der Waals surface area contributed by atoms with Gasteiger partial charge in [0, 0.05) is 9.92 Å². The maximum atomic E-state index is 5.77. The van der Waals surface area contributed by atoms with E-state index in [9.17, 15) is 0 Å². The monoisotopic (exact) mass is 274 g/mol. The van der Waals surface area contributed by atoms with Crippen LogP contribution in [0.25, 0.3) is 0 Å². The van der Waals surface area contributed by atoms with E-state index in [1.54, 1.807) is 0 Å². The van der Waals surface area contributed by atoms with Gasteiger partial charge in [0.25, 0.3) is 0 Å². The van der Waals surface area contributed by atoms with Gasteiger partial charge in [-0.05, 0) is 24.6 Å². The van der Waals surface area contributed by atoms with Gasteiger partial charge in [-0.25, -0.2) is 0 Å². The van der Waals surface area contributed by atoms with Crippen LogP contribution in [0.15, 0.2) is 23.1 Å². The lowest BCUT2D eigenvalue weighted by Crippen LogP contribution is -1.75. The SMILES string of the molecule is Cc1c(S)cccc1Cl.Cl.F.F.F.F. The molecule has 0 saturated carbocycles. The van der Waals surface area contributed by atoms with E-state index in [1.165, 1.54) is 0 Å². The number of hydrogen-bond donors (Lipinski definition) is 1. The van der Waals surface area contributed by atoms with Gasteiger partial charge in [-0.3, -0.25) is 18.8 Å². The zero-order valence-electron chi connectivity index (χ0n) is 7.10. The number of thiol groups is 1. The minimum atomic E-state index is 0. The fourth-order valence-electron chi connectivity index (χ4n) is 0.596. The molecule has 1 aromatic carbocycles. The Morgan fingerprint density at radius 2 is 1.50 bits per heavy atom. The van der Waals surface area contributed by atoms with Crippen molar-refractivity contribution in [1.82, 2.24) is 0 Å². The molecule has 0 aliphatic heterocycles. The topological polar surface area (TPSA) is 0 Å². The van der Waals surface area contributed by atoms with Crippen LogP contribution < -0.4 is 0 Å². The van der Waals surface area contributed by atoms with Crippen molar-refractivity contribution < 1.29 is 18.8 Å². The molecule has 0 aromatic heterocycles. The molecule has 1 aromatic rings. The summed E-state index contributed by atoms with van der Waals surface area (Å²) in [6.45, 7) is 1.95. The van der Waals surface area contributed by atoms with Crippen molar-refractivity contribution >= 4 is 36.6 Å². The van der Waals surface area contributed by atoms with E-state index in [1.807, 2.05) is 25.1 Å². The van der Waals surface area contributed by atoms with Crippen molar-refractivity contribution in [2.75, 3.05) is 0 Å². The normalized spacial score (nSPS) is 6.21. The van der Waals surface area contributed by atoms with Gasteiger partial charge < -0.3 is 0 Å². The zero-order chi connectivity index (χ0) is 6.85. The minimum Gasteiger partial charge on any atom is -0.269 e. The quantitative estimate of drug-likeness (QED) is 0.537. The molecule has 88 valence electrons. The predicted octanol–water partition coefficient (Wildman–Crippen LogP) is 3.97. The molecule has 0 unspecified atom stereocenters. The van der Waals surface area contributed by atoms with E-state index in [0.29, 0.717) is 0 Å². The van der Waals surface area contributed by atoms with Gasteiger partial charge >= 0.3 is 0 Å². The first kappa shape index (κ1) is 29.2. The Kier molecular flexibility index (Phi) is 26.8. The first-order valence-electron chi connectivity index (χ1n) is 2.66. The molecule has 14 heavy (non-hydrogen) atoms. The summed E-state index contributed by atoms with van der Waals surface area (Å²) in [6.07, 6.45) is 0. The molecule has 0 aliphatic rings. The summed E-state index contributed by atoms with van der Waals surface area (Å²) in [7, 11) is 0. The van der Waals surface area contributed by atoms with E-state index in [0.717, 1.165) is 15.5 Å². The molecule has 0 heterocycles. The number of rotatable bonds is 0. The van der Waals surface area contributed by atoms with Crippen molar-refractivity contribution in [1.29, 1.82) is 0 Å². The van der Waals surface area contributed by atoms with E-state index in [-0.39, 0.29) is 31.2 Å². The van der Waals surface area contributed by atoms with Crippen LogP contribution in [0.2, 0.25) is 5.02 Å². The molecular weight excluding hydrogens is 263 g/mol. The molecule has 0 nitrogen and oxygen atoms in total. The van der Waals surface area contributed by atoms with Gasteiger partial charge in [0.2, 0.25) is 0 Å². The van der Waals surface area contributed by atoms with Crippen molar-refractivity contribution in [3.8, 4) is 0 Å². The third-order valence-corrected chi connectivity index (χ3v) is 2.13. The summed E-state index contributed by atoms with van der Waals surface area (Å²) < 4.78 is 0. The Labute approximate surface area is 96.3 Å². The lowest BCUT2D eigenvalue weighted by atomic mass is 10.2. The van der Waals surface area contributed by atoms with Crippen LogP contribution in [0.5, 0.6) is 0 Å². The van der Waals surface area contributed by atoms with Gasteiger partial charge in [-0.2, -0.15) is 0 Å². The minimum absolute atomic E-state index is 0. The summed E-state index contributed by atoms with van der Waals surface area (Å²) in [6, 6.07) is 5.67. The zero-order valence-corrected chi connectivity index (χ0v) is 9.57. The van der Waals surface area contributed by atoms with E-state index >= 15 is 0 Å². The van der Waals surface area contributed by atoms with Crippen molar-refractivity contribution in [2.24, 2.45) is 0 Å². The third-order valence-electron chi connectivity index (χ3n) is 1.24. The number of halogens is 6. The molecule has 0 radical (unpaired) electrons. The lowest BCUT2D eigenvalue weighted by Gasteiger charge is -1.97. The van der Waals surface area contributed by atoms with Gasteiger partial charge in [0.15, 0.2) is 0 Å². The predicted molar refractivity (Wildman–Crippen MR) is 60.7 cm³/mol. The highest BCUT2D eigenvalue weighted by Crippen LogP contribution is 2.20.